The van der Waals surface area contributed by atoms with Crippen LogP contribution in [-0.2, 0) is 22.3 Å². The van der Waals surface area contributed by atoms with E-state index in [2.05, 4.69) is 0 Å². The van der Waals surface area contributed by atoms with Crippen molar-refractivity contribution in [1.82, 2.24) is 0 Å². The molecule has 0 bridgehead atoms. The van der Waals surface area contributed by atoms with Crippen LogP contribution in [0.15, 0.2) is 82.4 Å². The van der Waals surface area contributed by atoms with Crippen molar-refractivity contribution in [3.05, 3.63) is 115 Å². The number of hydrogen-bond donors (Lipinski definition) is 0. The van der Waals surface area contributed by atoms with Gasteiger partial charge in [-0.25, -0.2) is 9.59 Å². The number of esters is 2. The Kier molecular flexibility index (Phi) is 10.9. The fourth-order valence-corrected chi connectivity index (χ4v) is 8.07. The van der Waals surface area contributed by atoms with Crippen LogP contribution in [0, 0.1) is 0 Å². The Labute approximate surface area is 333 Å². The molecule has 58 heavy (non-hydrogen) atoms. The van der Waals surface area contributed by atoms with Gasteiger partial charge in [0.25, 0.3) is 0 Å². The Hall–Kier alpha value is -6.82. The van der Waals surface area contributed by atoms with Gasteiger partial charge in [-0.2, -0.15) is 0 Å². The lowest BCUT2D eigenvalue weighted by Gasteiger charge is -2.26. The van der Waals surface area contributed by atoms with E-state index in [0.29, 0.717) is 66.1 Å². The summed E-state index contributed by atoms with van der Waals surface area (Å²) in [5.41, 5.74) is 0.516. The summed E-state index contributed by atoms with van der Waals surface area (Å²) in [4.78, 5) is 56.3. The minimum absolute atomic E-state index is 0.00140. The van der Waals surface area contributed by atoms with Gasteiger partial charge < -0.3 is 37.9 Å². The minimum atomic E-state index is -0.794. The summed E-state index contributed by atoms with van der Waals surface area (Å²) in [5, 5.41) is 3.07. The molecule has 0 aliphatic heterocycles. The molecule has 12 nitrogen and oxygen atoms in total. The SMILES string of the molecule is COc1c(C[C@H](C)OC(=O)c2ccccc2)c2c3c(C[C@H](C)OC(=O)c4ccccc4)c(OC)c(=O)c4c(OC)cc(OC)c(c5c(OC)cc(OC)c(c1=O)c52)c43. The highest BCUT2D eigenvalue weighted by molar-refractivity contribution is 6.38. The Balaban J connectivity index is 1.67. The van der Waals surface area contributed by atoms with Crippen molar-refractivity contribution in [2.45, 2.75) is 38.9 Å². The fourth-order valence-electron chi connectivity index (χ4n) is 8.07. The van der Waals surface area contributed by atoms with Gasteiger partial charge in [-0.05, 0) is 48.9 Å². The maximum atomic E-state index is 14.8. The van der Waals surface area contributed by atoms with Gasteiger partial charge in [-0.15, -0.1) is 0 Å². The van der Waals surface area contributed by atoms with Gasteiger partial charge in [0, 0.05) is 57.6 Å². The van der Waals surface area contributed by atoms with Crippen molar-refractivity contribution < 1.29 is 47.5 Å². The second kappa shape index (κ2) is 16.0. The first-order valence-electron chi connectivity index (χ1n) is 18.5. The molecule has 0 heterocycles. The van der Waals surface area contributed by atoms with Crippen LogP contribution in [0.5, 0.6) is 34.5 Å². The molecule has 0 amide bonds. The molecule has 2 atom stereocenters. The lowest BCUT2D eigenvalue weighted by atomic mass is 9.81. The van der Waals surface area contributed by atoms with Crippen molar-refractivity contribution in [1.29, 1.82) is 0 Å². The largest absolute Gasteiger partial charge is 0.496 e. The van der Waals surface area contributed by atoms with Crippen molar-refractivity contribution in [2.75, 3.05) is 42.7 Å². The van der Waals surface area contributed by atoms with Gasteiger partial charge in [0.2, 0.25) is 10.9 Å². The van der Waals surface area contributed by atoms with E-state index in [4.69, 9.17) is 37.9 Å². The molecule has 0 aliphatic carbocycles. The Morgan fingerprint density at radius 3 is 1.09 bits per heavy atom. The van der Waals surface area contributed by atoms with Crippen molar-refractivity contribution >= 4 is 55.0 Å². The van der Waals surface area contributed by atoms with Crippen LogP contribution in [0.1, 0.15) is 45.7 Å². The van der Waals surface area contributed by atoms with Crippen molar-refractivity contribution in [3.63, 3.8) is 0 Å². The van der Waals surface area contributed by atoms with Gasteiger partial charge in [0.05, 0.1) is 64.6 Å². The van der Waals surface area contributed by atoms with E-state index in [1.807, 2.05) is 0 Å². The number of hydrogen-bond acceptors (Lipinski definition) is 12. The average Bonchev–Trinajstić information content (AvgIpc) is 3.24. The number of rotatable bonds is 14. The maximum absolute atomic E-state index is 14.8. The molecule has 0 unspecified atom stereocenters. The Morgan fingerprint density at radius 2 is 0.776 bits per heavy atom. The molecule has 0 radical (unpaired) electrons. The molecule has 0 aliphatic rings. The fraction of sp³-hybridized carbons (Fsp3) is 0.261. The lowest BCUT2D eigenvalue weighted by Crippen LogP contribution is -2.22. The van der Waals surface area contributed by atoms with Gasteiger partial charge in [0.1, 0.15) is 35.2 Å². The van der Waals surface area contributed by atoms with Crippen molar-refractivity contribution in [3.8, 4) is 34.5 Å². The highest BCUT2D eigenvalue weighted by atomic mass is 16.5. The molecular formula is C46H42O12. The maximum Gasteiger partial charge on any atom is 0.338 e. The Bertz CT molecular complexity index is 2610. The highest BCUT2D eigenvalue weighted by Crippen LogP contribution is 2.54. The number of fused-ring (bicyclic) bond motifs is 2. The van der Waals surface area contributed by atoms with Crippen LogP contribution in [0.2, 0.25) is 0 Å². The molecule has 12 heteroatoms. The van der Waals surface area contributed by atoms with Gasteiger partial charge >= 0.3 is 11.9 Å². The number of carbonyl (C=O) groups excluding carboxylic acids is 2. The molecule has 7 aromatic rings. The van der Waals surface area contributed by atoms with E-state index in [9.17, 15) is 19.2 Å². The van der Waals surface area contributed by atoms with Gasteiger partial charge in [-0.1, -0.05) is 36.4 Å². The summed E-state index contributed by atoms with van der Waals surface area (Å²) in [7, 11) is 8.67. The number of methoxy groups -OCH3 is 6. The number of carbonyl (C=O) groups is 2. The second-order valence-electron chi connectivity index (χ2n) is 13.8. The van der Waals surface area contributed by atoms with E-state index in [0.717, 1.165) is 0 Å². The van der Waals surface area contributed by atoms with Crippen LogP contribution in [0.3, 0.4) is 0 Å². The number of ether oxygens (including phenoxy) is 8. The molecule has 0 saturated heterocycles. The third kappa shape index (κ3) is 6.44. The van der Waals surface area contributed by atoms with Gasteiger partial charge in [-0.3, -0.25) is 9.59 Å². The summed E-state index contributed by atoms with van der Waals surface area (Å²) in [5.74, 6) is -0.0750. The summed E-state index contributed by atoms with van der Waals surface area (Å²) < 4.78 is 47.6. The van der Waals surface area contributed by atoms with Crippen LogP contribution in [0.25, 0.3) is 43.1 Å². The summed E-state index contributed by atoms with van der Waals surface area (Å²) in [6, 6.07) is 20.4. The minimum Gasteiger partial charge on any atom is -0.496 e. The highest BCUT2D eigenvalue weighted by Gasteiger charge is 2.34. The number of benzene rings is 7. The topological polar surface area (TPSA) is 142 Å². The molecular weight excluding hydrogens is 744 g/mol. The quantitative estimate of drug-likeness (QED) is 0.0611. The van der Waals surface area contributed by atoms with Crippen LogP contribution in [-0.4, -0.2) is 66.8 Å². The first kappa shape index (κ1) is 39.4. The molecule has 298 valence electrons. The van der Waals surface area contributed by atoms with E-state index in [-0.39, 0.29) is 46.6 Å². The van der Waals surface area contributed by atoms with Gasteiger partial charge in [0.15, 0.2) is 11.5 Å². The zero-order valence-electron chi connectivity index (χ0n) is 33.4. The molecule has 7 rings (SSSR count). The van der Waals surface area contributed by atoms with Crippen LogP contribution in [0.4, 0.5) is 0 Å². The normalized spacial score (nSPS) is 12.4. The first-order chi connectivity index (χ1) is 28.0. The molecule has 0 saturated carbocycles. The third-order valence-electron chi connectivity index (χ3n) is 10.4. The van der Waals surface area contributed by atoms with Crippen molar-refractivity contribution in [2.24, 2.45) is 0 Å². The third-order valence-corrected chi connectivity index (χ3v) is 10.4. The molecule has 0 fully saturated rings. The predicted molar refractivity (Wildman–Crippen MR) is 221 cm³/mol. The monoisotopic (exact) mass is 786 g/mol. The molecule has 0 N–H and O–H groups in total. The van der Waals surface area contributed by atoms with E-state index in [1.54, 1.807) is 86.6 Å². The second-order valence-corrected chi connectivity index (χ2v) is 13.8. The summed E-state index contributed by atoms with van der Waals surface area (Å²) >= 11 is 0. The van der Waals surface area contributed by atoms with E-state index >= 15 is 0 Å². The smallest absolute Gasteiger partial charge is 0.338 e. The standard InChI is InChI=1S/C46H42O12/c1-23(57-45(49)25-15-11-9-12-16-25)19-27-33-34-28(20-24(2)58-46(50)26-17-13-10-14-18-26)44(56-8)42(48)38-32(54-6)22-30(52-4)36(40(34)38)35-29(51-3)21-31(53-5)37(39(33)35)41(47)43(27)55-7/h9-18,21-24H,19-20H2,1-8H3/t23-,24-/m0/s1. The average molecular weight is 787 g/mol. The molecule has 0 aromatic heterocycles. The summed E-state index contributed by atoms with van der Waals surface area (Å²) in [6.07, 6.45) is -1.59. The first-order valence-corrected chi connectivity index (χ1v) is 18.5. The zero-order chi connectivity index (χ0) is 41.4. The zero-order valence-corrected chi connectivity index (χ0v) is 33.4. The van der Waals surface area contributed by atoms with E-state index < -0.39 is 35.0 Å². The predicted octanol–water partition coefficient (Wildman–Crippen LogP) is 7.52. The van der Waals surface area contributed by atoms with E-state index in [1.165, 1.54) is 42.7 Å². The van der Waals surface area contributed by atoms with Crippen LogP contribution >= 0.6 is 0 Å². The van der Waals surface area contributed by atoms with Crippen LogP contribution < -0.4 is 39.3 Å². The molecule has 0 spiro atoms. The summed E-state index contributed by atoms with van der Waals surface area (Å²) in [6.45, 7) is 3.45. The molecule has 7 aromatic carbocycles. The lowest BCUT2D eigenvalue weighted by molar-refractivity contribution is 0.0331. The Morgan fingerprint density at radius 1 is 0.448 bits per heavy atom.